The number of fused-ring (bicyclic) bond motifs is 1. The third kappa shape index (κ3) is 4.89. The van der Waals surface area contributed by atoms with Crippen LogP contribution in [0.4, 0.5) is 0 Å². The Morgan fingerprint density at radius 3 is 2.89 bits per heavy atom. The number of H-pyrrole nitrogens is 2. The second-order valence-electron chi connectivity index (χ2n) is 10.2. The zero-order valence-electron chi connectivity index (χ0n) is 21.8. The SMILES string of the molecule is C=C/C=C(/C1=CCC=C1)c1nc(-c2n[nH]c3ccc(-c4cncc(CNCC5CCCC5)c4)nc23)[nH]c1C. The Morgan fingerprint density at radius 1 is 1.18 bits per heavy atom. The van der Waals surface area contributed by atoms with Crippen LogP contribution in [0.2, 0.25) is 0 Å². The molecule has 6 rings (SSSR count). The van der Waals surface area contributed by atoms with E-state index in [-0.39, 0.29) is 0 Å². The lowest BCUT2D eigenvalue weighted by atomic mass is 10.0. The van der Waals surface area contributed by atoms with Gasteiger partial charge in [0.1, 0.15) is 5.52 Å². The molecule has 0 aromatic carbocycles. The fourth-order valence-electron chi connectivity index (χ4n) is 5.51. The zero-order valence-corrected chi connectivity index (χ0v) is 21.8. The first-order chi connectivity index (χ1) is 18.7. The maximum Gasteiger partial charge on any atom is 0.161 e. The number of aromatic nitrogens is 6. The monoisotopic (exact) mass is 503 g/mol. The number of aryl methyl sites for hydroxylation is 1. The molecule has 0 saturated heterocycles. The highest BCUT2D eigenvalue weighted by molar-refractivity contribution is 5.90. The van der Waals surface area contributed by atoms with Crippen LogP contribution in [0.5, 0.6) is 0 Å². The minimum absolute atomic E-state index is 0.689. The van der Waals surface area contributed by atoms with Gasteiger partial charge in [0.25, 0.3) is 0 Å². The standard InChI is InChI=1S/C31H33N7/c1-3-8-25(23-11-6-7-12-23)28-20(2)34-31(36-28)30-29-27(37-38-30)14-13-26(35-29)24-15-22(18-33-19-24)17-32-16-21-9-4-5-10-21/h3,6,8,11-15,18-19,21,32H,1,4-5,7,9-10,16-17H2,2H3,(H,34,36)(H,37,38)/b25-8-. The number of hydrogen-bond acceptors (Lipinski definition) is 5. The van der Waals surface area contributed by atoms with Gasteiger partial charge in [0.15, 0.2) is 11.5 Å². The lowest BCUT2D eigenvalue weighted by Crippen LogP contribution is -2.20. The van der Waals surface area contributed by atoms with Crippen molar-refractivity contribution in [2.24, 2.45) is 5.92 Å². The van der Waals surface area contributed by atoms with E-state index in [1.165, 1.54) is 25.7 Å². The molecule has 0 bridgehead atoms. The highest BCUT2D eigenvalue weighted by Gasteiger charge is 2.20. The fourth-order valence-corrected chi connectivity index (χ4v) is 5.51. The Labute approximate surface area is 222 Å². The van der Waals surface area contributed by atoms with Crippen molar-refractivity contribution in [2.45, 2.75) is 45.6 Å². The third-order valence-electron chi connectivity index (χ3n) is 7.47. The first-order valence-corrected chi connectivity index (χ1v) is 13.5. The van der Waals surface area contributed by atoms with E-state index < -0.39 is 0 Å². The van der Waals surface area contributed by atoms with Crippen LogP contribution in [0.15, 0.2) is 73.1 Å². The molecule has 38 heavy (non-hydrogen) atoms. The summed E-state index contributed by atoms with van der Waals surface area (Å²) in [6.07, 6.45) is 20.5. The molecule has 0 aliphatic heterocycles. The van der Waals surface area contributed by atoms with Crippen LogP contribution in [0.3, 0.4) is 0 Å². The van der Waals surface area contributed by atoms with Gasteiger partial charge in [-0.15, -0.1) is 0 Å². The zero-order chi connectivity index (χ0) is 25.9. The lowest BCUT2D eigenvalue weighted by molar-refractivity contribution is 0.489. The molecule has 4 heterocycles. The van der Waals surface area contributed by atoms with E-state index in [0.717, 1.165) is 75.8 Å². The Balaban J connectivity index is 1.28. The fraction of sp³-hybridized carbons (Fsp3) is 0.290. The number of hydrogen-bond donors (Lipinski definition) is 3. The van der Waals surface area contributed by atoms with Gasteiger partial charge in [0.2, 0.25) is 0 Å². The van der Waals surface area contributed by atoms with Gasteiger partial charge in [-0.25, -0.2) is 9.97 Å². The topological polar surface area (TPSA) is 95.2 Å². The molecule has 0 atom stereocenters. The van der Waals surface area contributed by atoms with Gasteiger partial charge in [0, 0.05) is 35.8 Å². The van der Waals surface area contributed by atoms with E-state index in [4.69, 9.17) is 9.97 Å². The maximum absolute atomic E-state index is 5.00. The molecular weight excluding hydrogens is 470 g/mol. The van der Waals surface area contributed by atoms with Crippen LogP contribution in [-0.2, 0) is 6.54 Å². The van der Waals surface area contributed by atoms with E-state index in [1.54, 1.807) is 6.08 Å². The van der Waals surface area contributed by atoms with Crippen molar-refractivity contribution >= 4 is 16.6 Å². The number of nitrogens with zero attached hydrogens (tertiary/aromatic N) is 4. The molecule has 3 N–H and O–H groups in total. The molecule has 0 amide bonds. The van der Waals surface area contributed by atoms with Crippen LogP contribution >= 0.6 is 0 Å². The van der Waals surface area contributed by atoms with Crippen LogP contribution in [0, 0.1) is 12.8 Å². The average Bonchev–Trinajstić information content (AvgIpc) is 3.75. The van der Waals surface area contributed by atoms with Gasteiger partial charge < -0.3 is 10.3 Å². The van der Waals surface area contributed by atoms with Gasteiger partial charge in [-0.2, -0.15) is 5.10 Å². The molecule has 1 fully saturated rings. The highest BCUT2D eigenvalue weighted by Crippen LogP contribution is 2.32. The summed E-state index contributed by atoms with van der Waals surface area (Å²) >= 11 is 0. The summed E-state index contributed by atoms with van der Waals surface area (Å²) in [5.74, 6) is 1.50. The van der Waals surface area contributed by atoms with Crippen molar-refractivity contribution in [2.75, 3.05) is 6.54 Å². The molecule has 1 saturated carbocycles. The summed E-state index contributed by atoms with van der Waals surface area (Å²) in [6, 6.07) is 6.21. The second kappa shape index (κ2) is 10.7. The molecular formula is C31H33N7. The van der Waals surface area contributed by atoms with E-state index in [2.05, 4.69) is 56.4 Å². The summed E-state index contributed by atoms with van der Waals surface area (Å²) in [5.41, 5.74) is 9.44. The predicted octanol–water partition coefficient (Wildman–Crippen LogP) is 6.45. The molecule has 4 aromatic rings. The van der Waals surface area contributed by atoms with E-state index in [9.17, 15) is 0 Å². The number of nitrogens with one attached hydrogen (secondary N) is 3. The van der Waals surface area contributed by atoms with Gasteiger partial charge in [-0.3, -0.25) is 10.1 Å². The lowest BCUT2D eigenvalue weighted by Gasteiger charge is -2.11. The second-order valence-corrected chi connectivity index (χ2v) is 10.2. The first kappa shape index (κ1) is 24.2. The summed E-state index contributed by atoms with van der Waals surface area (Å²) in [6.45, 7) is 7.83. The average molecular weight is 504 g/mol. The maximum atomic E-state index is 5.00. The van der Waals surface area contributed by atoms with Crippen molar-refractivity contribution in [3.63, 3.8) is 0 Å². The molecule has 192 valence electrons. The Hall–Kier alpha value is -4.10. The van der Waals surface area contributed by atoms with Crippen LogP contribution in [0.1, 0.15) is 49.1 Å². The normalized spacial score (nSPS) is 16.0. The van der Waals surface area contributed by atoms with Crippen molar-refractivity contribution in [3.8, 4) is 22.8 Å². The quantitative estimate of drug-likeness (QED) is 0.228. The molecule has 0 spiro atoms. The van der Waals surface area contributed by atoms with Crippen molar-refractivity contribution in [1.29, 1.82) is 0 Å². The predicted molar refractivity (Wildman–Crippen MR) is 153 cm³/mol. The molecule has 0 radical (unpaired) electrons. The first-order valence-electron chi connectivity index (χ1n) is 13.5. The molecule has 4 aromatic heterocycles. The minimum atomic E-state index is 0.689. The van der Waals surface area contributed by atoms with Crippen LogP contribution in [-0.4, -0.2) is 36.7 Å². The number of aromatic amines is 2. The van der Waals surface area contributed by atoms with Crippen molar-refractivity contribution in [3.05, 3.63) is 90.1 Å². The number of allylic oxidation sites excluding steroid dienone is 7. The number of rotatable bonds is 9. The van der Waals surface area contributed by atoms with Gasteiger partial charge in [-0.1, -0.05) is 49.8 Å². The molecule has 2 aliphatic rings. The summed E-state index contributed by atoms with van der Waals surface area (Å²) in [4.78, 5) is 17.9. The van der Waals surface area contributed by atoms with Crippen molar-refractivity contribution in [1.82, 2.24) is 35.5 Å². The Morgan fingerprint density at radius 2 is 2.08 bits per heavy atom. The van der Waals surface area contributed by atoms with Crippen molar-refractivity contribution < 1.29 is 0 Å². The Kier molecular flexibility index (Phi) is 6.84. The molecule has 0 unspecified atom stereocenters. The van der Waals surface area contributed by atoms with Crippen LogP contribution < -0.4 is 5.32 Å². The summed E-state index contributed by atoms with van der Waals surface area (Å²) in [5, 5.41) is 11.3. The van der Waals surface area contributed by atoms with Crippen LogP contribution in [0.25, 0.3) is 39.4 Å². The molecule has 7 nitrogen and oxygen atoms in total. The van der Waals surface area contributed by atoms with Gasteiger partial charge in [-0.05, 0) is 68.0 Å². The highest BCUT2D eigenvalue weighted by atomic mass is 15.2. The smallest absolute Gasteiger partial charge is 0.161 e. The van der Waals surface area contributed by atoms with Gasteiger partial charge >= 0.3 is 0 Å². The Bertz CT molecular complexity index is 1560. The van der Waals surface area contributed by atoms with E-state index >= 15 is 0 Å². The minimum Gasteiger partial charge on any atom is -0.340 e. The third-order valence-corrected chi connectivity index (χ3v) is 7.47. The van der Waals surface area contributed by atoms with Gasteiger partial charge in [0.05, 0.1) is 16.9 Å². The van der Waals surface area contributed by atoms with E-state index in [0.29, 0.717) is 11.5 Å². The molecule has 2 aliphatic carbocycles. The number of imidazole rings is 1. The van der Waals surface area contributed by atoms with E-state index in [1.807, 2.05) is 37.5 Å². The molecule has 7 heteroatoms. The summed E-state index contributed by atoms with van der Waals surface area (Å²) < 4.78 is 0. The summed E-state index contributed by atoms with van der Waals surface area (Å²) in [7, 11) is 0. The number of pyridine rings is 2. The largest absolute Gasteiger partial charge is 0.340 e.